The molecule has 0 bridgehead atoms. The summed E-state index contributed by atoms with van der Waals surface area (Å²) in [6.45, 7) is 19.4. The zero-order valence-electron chi connectivity index (χ0n) is 17.6. The van der Waals surface area contributed by atoms with Gasteiger partial charge in [-0.1, -0.05) is 32.1 Å². The molecule has 9 heteroatoms. The number of rotatable bonds is 6. The zero-order chi connectivity index (χ0) is 21.9. The monoisotopic (exact) mass is 442 g/mol. The van der Waals surface area contributed by atoms with Crippen LogP contribution >= 0.6 is 22.9 Å². The van der Waals surface area contributed by atoms with Gasteiger partial charge in [-0.05, 0) is 55.1 Å². The Morgan fingerprint density at radius 1 is 1.10 bits per heavy atom. The Hall–Kier alpha value is -2.70. The normalized spacial score (nSPS) is 11.8. The summed E-state index contributed by atoms with van der Waals surface area (Å²) in [5.74, 6) is -0.304. The first-order valence-corrected chi connectivity index (χ1v) is 11.2. The molecule has 2 aromatic heterocycles. The number of benzene rings is 1. The van der Waals surface area contributed by atoms with Gasteiger partial charge in [0.25, 0.3) is 0 Å². The molecule has 0 atom stereocenters. The lowest BCUT2D eigenvalue weighted by atomic mass is 9.91. The van der Waals surface area contributed by atoms with Gasteiger partial charge in [-0.15, -0.1) is 10.2 Å². The van der Waals surface area contributed by atoms with Gasteiger partial charge >= 0.3 is 0 Å². The van der Waals surface area contributed by atoms with Gasteiger partial charge in [0.2, 0.25) is 5.69 Å². The second kappa shape index (κ2) is 8.98. The van der Waals surface area contributed by atoms with Crippen molar-refractivity contribution < 1.29 is 4.39 Å². The molecular weight excluding hydrogens is 419 g/mol. The summed E-state index contributed by atoms with van der Waals surface area (Å²) in [6.07, 6.45) is 0. The van der Waals surface area contributed by atoms with Crippen molar-refractivity contribution in [1.29, 1.82) is 0 Å². The minimum atomic E-state index is -0.304. The standard InChI is InChI=1S/C21H23FN6S2/c1-7-28(8-2)20-24-15(13-9-11-14(22)12-10-13)18(29-20)25-26-19-16(23-6)17(27-30-19)21(3,4)5/h9-12H,7-8H2,1-5H3. The summed E-state index contributed by atoms with van der Waals surface area (Å²) in [7, 11) is 0. The molecule has 0 unspecified atom stereocenters. The average Bonchev–Trinajstić information content (AvgIpc) is 3.32. The molecule has 0 aliphatic carbocycles. The molecule has 0 aliphatic heterocycles. The molecule has 0 saturated carbocycles. The van der Waals surface area contributed by atoms with Gasteiger partial charge in [-0.3, -0.25) is 0 Å². The smallest absolute Gasteiger partial charge is 0.248 e. The summed E-state index contributed by atoms with van der Waals surface area (Å²) < 4.78 is 17.8. The van der Waals surface area contributed by atoms with Gasteiger partial charge in [0.05, 0.1) is 12.3 Å². The molecular formula is C21H23FN6S2. The van der Waals surface area contributed by atoms with Crippen LogP contribution in [0.2, 0.25) is 0 Å². The molecule has 0 aliphatic rings. The zero-order valence-corrected chi connectivity index (χ0v) is 19.2. The van der Waals surface area contributed by atoms with E-state index in [4.69, 9.17) is 11.6 Å². The quantitative estimate of drug-likeness (QED) is 0.293. The van der Waals surface area contributed by atoms with Crippen molar-refractivity contribution in [2.45, 2.75) is 40.0 Å². The van der Waals surface area contributed by atoms with Crippen molar-refractivity contribution in [2.24, 2.45) is 10.2 Å². The van der Waals surface area contributed by atoms with Crippen molar-refractivity contribution in [3.63, 3.8) is 0 Å². The summed E-state index contributed by atoms with van der Waals surface area (Å²) in [4.78, 5) is 10.5. The van der Waals surface area contributed by atoms with Crippen molar-refractivity contribution >= 4 is 43.7 Å². The topological polar surface area (TPSA) is 58.1 Å². The summed E-state index contributed by atoms with van der Waals surface area (Å²) in [5.41, 5.74) is 2.33. The van der Waals surface area contributed by atoms with E-state index in [2.05, 4.69) is 38.2 Å². The second-order valence-electron chi connectivity index (χ2n) is 7.58. The lowest BCUT2D eigenvalue weighted by Gasteiger charge is -2.16. The van der Waals surface area contributed by atoms with Crippen LogP contribution in [-0.4, -0.2) is 22.4 Å². The Morgan fingerprint density at radius 2 is 1.73 bits per heavy atom. The van der Waals surface area contributed by atoms with Gasteiger partial charge in [0.15, 0.2) is 15.1 Å². The van der Waals surface area contributed by atoms with Crippen LogP contribution in [0.3, 0.4) is 0 Å². The number of nitrogens with zero attached hydrogens (tertiary/aromatic N) is 6. The highest BCUT2D eigenvalue weighted by molar-refractivity contribution is 7.19. The highest BCUT2D eigenvalue weighted by Gasteiger charge is 2.25. The fraction of sp³-hybridized carbons (Fsp3) is 0.381. The third-order valence-electron chi connectivity index (χ3n) is 4.45. The number of hydrogen-bond acceptors (Lipinski definition) is 7. The van der Waals surface area contributed by atoms with E-state index in [9.17, 15) is 4.39 Å². The molecule has 2 heterocycles. The first-order valence-electron chi connectivity index (χ1n) is 9.59. The maximum absolute atomic E-state index is 13.4. The Balaban J connectivity index is 2.06. The van der Waals surface area contributed by atoms with E-state index in [1.165, 1.54) is 35.0 Å². The largest absolute Gasteiger partial charge is 0.349 e. The molecule has 30 heavy (non-hydrogen) atoms. The van der Waals surface area contributed by atoms with E-state index in [1.54, 1.807) is 12.1 Å². The molecule has 3 rings (SSSR count). The lowest BCUT2D eigenvalue weighted by molar-refractivity contribution is 0.579. The van der Waals surface area contributed by atoms with Crippen LogP contribution < -0.4 is 4.90 Å². The highest BCUT2D eigenvalue weighted by atomic mass is 32.1. The maximum atomic E-state index is 13.4. The van der Waals surface area contributed by atoms with Crippen LogP contribution in [0.4, 0.5) is 25.2 Å². The molecule has 0 spiro atoms. The average molecular weight is 443 g/mol. The Morgan fingerprint density at radius 3 is 2.30 bits per heavy atom. The molecule has 6 nitrogen and oxygen atoms in total. The Labute approximate surface area is 184 Å². The minimum Gasteiger partial charge on any atom is -0.349 e. The SMILES string of the molecule is [C-]#[N+]c1c(C(C)(C)C)nsc1N=Nc1sc(N(CC)CC)nc1-c1ccc(F)cc1. The van der Waals surface area contributed by atoms with Crippen LogP contribution in [0.25, 0.3) is 16.1 Å². The highest BCUT2D eigenvalue weighted by Crippen LogP contribution is 2.44. The van der Waals surface area contributed by atoms with E-state index < -0.39 is 0 Å². The van der Waals surface area contributed by atoms with Crippen molar-refractivity contribution in [2.75, 3.05) is 18.0 Å². The molecule has 0 radical (unpaired) electrons. The molecule has 156 valence electrons. The van der Waals surface area contributed by atoms with Gasteiger partial charge in [0.1, 0.15) is 11.5 Å². The summed E-state index contributed by atoms with van der Waals surface area (Å²) in [6, 6.07) is 6.18. The number of anilines is 1. The predicted octanol–water partition coefficient (Wildman–Crippen LogP) is 7.52. The van der Waals surface area contributed by atoms with E-state index in [1.807, 2.05) is 20.8 Å². The lowest BCUT2D eigenvalue weighted by Crippen LogP contribution is -2.21. The van der Waals surface area contributed by atoms with Crippen LogP contribution in [0, 0.1) is 12.4 Å². The Kier molecular flexibility index (Phi) is 6.58. The van der Waals surface area contributed by atoms with Crippen molar-refractivity contribution in [3.05, 3.63) is 47.2 Å². The molecule has 0 fully saturated rings. The van der Waals surface area contributed by atoms with E-state index in [0.29, 0.717) is 21.4 Å². The first kappa shape index (κ1) is 22.0. The molecule has 0 saturated heterocycles. The van der Waals surface area contributed by atoms with Crippen molar-refractivity contribution in [3.8, 4) is 11.3 Å². The van der Waals surface area contributed by atoms with Gasteiger partial charge in [-0.25, -0.2) is 18.6 Å². The van der Waals surface area contributed by atoms with Crippen LogP contribution in [0.1, 0.15) is 40.3 Å². The molecule has 3 aromatic rings. The number of thiazole rings is 1. The molecule has 0 N–H and O–H groups in total. The summed E-state index contributed by atoms with van der Waals surface area (Å²) in [5, 5.41) is 10.7. The Bertz CT molecular complexity index is 1080. The molecule has 1 aromatic carbocycles. The number of aromatic nitrogens is 2. The van der Waals surface area contributed by atoms with E-state index >= 15 is 0 Å². The maximum Gasteiger partial charge on any atom is 0.248 e. The van der Waals surface area contributed by atoms with Crippen molar-refractivity contribution in [1.82, 2.24) is 9.36 Å². The van der Waals surface area contributed by atoms with Crippen LogP contribution in [0.15, 0.2) is 34.5 Å². The van der Waals surface area contributed by atoms with Crippen LogP contribution in [-0.2, 0) is 5.41 Å². The minimum absolute atomic E-state index is 0.246. The number of halogens is 1. The fourth-order valence-electron chi connectivity index (χ4n) is 2.82. The van der Waals surface area contributed by atoms with E-state index in [-0.39, 0.29) is 11.2 Å². The summed E-state index contributed by atoms with van der Waals surface area (Å²) >= 11 is 2.60. The number of hydrogen-bond donors (Lipinski definition) is 0. The third kappa shape index (κ3) is 4.55. The van der Waals surface area contributed by atoms with Gasteiger partial charge in [0, 0.05) is 18.7 Å². The second-order valence-corrected chi connectivity index (χ2v) is 9.28. The first-order chi connectivity index (χ1) is 14.3. The van der Waals surface area contributed by atoms with Gasteiger partial charge in [-0.2, -0.15) is 0 Å². The third-order valence-corrected chi connectivity index (χ3v) is 6.18. The number of azo groups is 1. The predicted molar refractivity (Wildman–Crippen MR) is 122 cm³/mol. The molecule has 0 amide bonds. The fourth-order valence-corrected chi connectivity index (χ4v) is 4.70. The van der Waals surface area contributed by atoms with Gasteiger partial charge < -0.3 is 4.90 Å². The van der Waals surface area contributed by atoms with E-state index in [0.717, 1.165) is 29.5 Å². The van der Waals surface area contributed by atoms with Crippen LogP contribution in [0.5, 0.6) is 0 Å².